The van der Waals surface area contributed by atoms with Gasteiger partial charge in [-0.2, -0.15) is 0 Å². The molecule has 20 heavy (non-hydrogen) atoms. The molecule has 0 aromatic carbocycles. The number of Topliss-reactive ketones (excluding diaryl/α,β-unsaturated/α-hetero) is 2. The monoisotopic (exact) mass is 278 g/mol. The maximum Gasteiger partial charge on any atom is 0.333 e. The number of allylic oxidation sites excluding steroid dienone is 2. The predicted octanol–water partition coefficient (Wildman–Crippen LogP) is 2.77. The van der Waals surface area contributed by atoms with Crippen LogP contribution in [0.25, 0.3) is 0 Å². The largest absolute Gasteiger partial charge is 0.466 e. The minimum Gasteiger partial charge on any atom is -0.466 e. The summed E-state index contributed by atoms with van der Waals surface area (Å²) in [7, 11) is 1.31. The Morgan fingerprint density at radius 1 is 1.25 bits per heavy atom. The van der Waals surface area contributed by atoms with Gasteiger partial charge >= 0.3 is 5.97 Å². The molecule has 1 rings (SSSR count). The Labute approximate surface area is 119 Å². The topological polar surface area (TPSA) is 60.4 Å². The van der Waals surface area contributed by atoms with Crippen molar-refractivity contribution in [3.8, 4) is 0 Å². The molecule has 0 amide bonds. The molecular weight excluding hydrogens is 256 g/mol. The lowest BCUT2D eigenvalue weighted by molar-refractivity contribution is -0.136. The van der Waals surface area contributed by atoms with Crippen LogP contribution in [0.5, 0.6) is 0 Å². The molecular formula is C16H22O4. The normalized spacial score (nSPS) is 20.8. The van der Waals surface area contributed by atoms with Gasteiger partial charge in [-0.3, -0.25) is 4.79 Å². The molecule has 0 aromatic rings. The van der Waals surface area contributed by atoms with Crippen molar-refractivity contribution in [2.24, 2.45) is 5.92 Å². The molecule has 1 fully saturated rings. The van der Waals surface area contributed by atoms with E-state index in [0.717, 1.165) is 24.0 Å². The fourth-order valence-corrected chi connectivity index (χ4v) is 2.49. The van der Waals surface area contributed by atoms with Gasteiger partial charge in [-0.15, -0.1) is 0 Å². The number of esters is 1. The van der Waals surface area contributed by atoms with Crippen LogP contribution in [0.3, 0.4) is 0 Å². The summed E-state index contributed by atoms with van der Waals surface area (Å²) < 4.78 is 4.64. The highest BCUT2D eigenvalue weighted by molar-refractivity contribution is 6.00. The first-order valence-electron chi connectivity index (χ1n) is 6.85. The van der Waals surface area contributed by atoms with E-state index in [-0.39, 0.29) is 17.5 Å². The fourth-order valence-electron chi connectivity index (χ4n) is 2.49. The molecule has 0 aliphatic heterocycles. The van der Waals surface area contributed by atoms with Gasteiger partial charge in [0, 0.05) is 24.3 Å². The van der Waals surface area contributed by atoms with Crippen LogP contribution < -0.4 is 0 Å². The van der Waals surface area contributed by atoms with E-state index in [1.807, 2.05) is 6.92 Å². The van der Waals surface area contributed by atoms with Crippen LogP contribution >= 0.6 is 0 Å². The van der Waals surface area contributed by atoms with Crippen LogP contribution in [0.15, 0.2) is 23.3 Å². The molecule has 0 saturated heterocycles. The van der Waals surface area contributed by atoms with Gasteiger partial charge in [0.2, 0.25) is 0 Å². The van der Waals surface area contributed by atoms with Crippen molar-refractivity contribution in [3.63, 3.8) is 0 Å². The van der Waals surface area contributed by atoms with Gasteiger partial charge < -0.3 is 9.53 Å². The highest BCUT2D eigenvalue weighted by Gasteiger charge is 2.32. The number of carbonyl (C=O) groups is 3. The zero-order valence-electron chi connectivity index (χ0n) is 12.5. The molecule has 0 radical (unpaired) electrons. The summed E-state index contributed by atoms with van der Waals surface area (Å²) >= 11 is 0. The molecule has 1 atom stereocenters. The van der Waals surface area contributed by atoms with E-state index in [1.165, 1.54) is 7.11 Å². The van der Waals surface area contributed by atoms with Gasteiger partial charge in [-0.25, -0.2) is 4.79 Å². The number of hydrogen-bond acceptors (Lipinski definition) is 4. The highest BCUT2D eigenvalue weighted by atomic mass is 16.5. The quantitative estimate of drug-likeness (QED) is 0.553. The van der Waals surface area contributed by atoms with Gasteiger partial charge in [0.1, 0.15) is 5.78 Å². The molecule has 4 heteroatoms. The maximum absolute atomic E-state index is 12.0. The van der Waals surface area contributed by atoms with Crippen molar-refractivity contribution >= 4 is 17.5 Å². The summed E-state index contributed by atoms with van der Waals surface area (Å²) in [5.74, 6) is -0.344. The van der Waals surface area contributed by atoms with Gasteiger partial charge in [0.25, 0.3) is 0 Å². The first kappa shape index (κ1) is 16.3. The zero-order valence-corrected chi connectivity index (χ0v) is 12.5. The maximum atomic E-state index is 12.0. The second kappa shape index (κ2) is 7.17. The van der Waals surface area contributed by atoms with E-state index < -0.39 is 5.97 Å². The molecule has 0 spiro atoms. The van der Waals surface area contributed by atoms with Crippen molar-refractivity contribution in [3.05, 3.63) is 23.3 Å². The summed E-state index contributed by atoms with van der Waals surface area (Å²) in [6, 6.07) is 0. The lowest BCUT2D eigenvalue weighted by Crippen LogP contribution is -2.11. The first-order valence-corrected chi connectivity index (χ1v) is 6.85. The van der Waals surface area contributed by atoms with Crippen LogP contribution in [0.4, 0.5) is 0 Å². The third kappa shape index (κ3) is 4.15. The van der Waals surface area contributed by atoms with Crippen LogP contribution in [0.2, 0.25) is 0 Å². The third-order valence-electron chi connectivity index (χ3n) is 3.76. The molecule has 1 saturated carbocycles. The second-order valence-corrected chi connectivity index (χ2v) is 5.36. The predicted molar refractivity (Wildman–Crippen MR) is 76.1 cm³/mol. The molecule has 0 aromatic heterocycles. The van der Waals surface area contributed by atoms with E-state index in [9.17, 15) is 14.4 Å². The summed E-state index contributed by atoms with van der Waals surface area (Å²) in [5.41, 5.74) is 2.19. The Bertz CT molecular complexity index is 471. The second-order valence-electron chi connectivity index (χ2n) is 5.36. The van der Waals surface area contributed by atoms with Gasteiger partial charge in [0.05, 0.1) is 7.11 Å². The summed E-state index contributed by atoms with van der Waals surface area (Å²) in [6.07, 6.45) is 2.93. The zero-order chi connectivity index (χ0) is 15.3. The van der Waals surface area contributed by atoms with Crippen LogP contribution in [0.1, 0.15) is 46.0 Å². The lowest BCUT2D eigenvalue weighted by Gasteiger charge is -2.09. The van der Waals surface area contributed by atoms with Gasteiger partial charge in [0.15, 0.2) is 5.78 Å². The SMILES string of the molecule is C=C(C(=O)OC)[C@@H]1CC(=O)/C(=C(\C)CCCC(C)=O)C1. The molecule has 0 N–H and O–H groups in total. The third-order valence-corrected chi connectivity index (χ3v) is 3.76. The number of carbonyl (C=O) groups excluding carboxylic acids is 3. The van der Waals surface area contributed by atoms with Crippen molar-refractivity contribution in [1.82, 2.24) is 0 Å². The average molecular weight is 278 g/mol. The van der Waals surface area contributed by atoms with E-state index in [4.69, 9.17) is 0 Å². The van der Waals surface area contributed by atoms with Crippen molar-refractivity contribution in [2.45, 2.75) is 46.0 Å². The van der Waals surface area contributed by atoms with E-state index in [2.05, 4.69) is 11.3 Å². The Hall–Kier alpha value is -1.71. The molecule has 110 valence electrons. The minimum atomic E-state index is -0.446. The number of ether oxygens (including phenoxy) is 1. The molecule has 0 unspecified atom stereocenters. The number of rotatable bonds is 6. The summed E-state index contributed by atoms with van der Waals surface area (Å²) in [6.45, 7) is 7.22. The molecule has 1 aliphatic carbocycles. The van der Waals surface area contributed by atoms with Gasteiger partial charge in [-0.1, -0.05) is 12.2 Å². The smallest absolute Gasteiger partial charge is 0.333 e. The standard InChI is InChI=1S/C16H22O4/c1-10(6-5-7-11(2)17)14-8-13(9-15(14)18)12(3)16(19)20-4/h13H,3,5-9H2,1-2,4H3/b14-10+/t13-/m0/s1. The minimum absolute atomic E-state index is 0.0837. The van der Waals surface area contributed by atoms with Crippen molar-refractivity contribution in [2.75, 3.05) is 7.11 Å². The number of hydrogen-bond donors (Lipinski definition) is 0. The molecule has 0 bridgehead atoms. The molecule has 4 nitrogen and oxygen atoms in total. The molecule has 1 aliphatic rings. The Morgan fingerprint density at radius 2 is 1.90 bits per heavy atom. The average Bonchev–Trinajstić information content (AvgIpc) is 2.78. The van der Waals surface area contributed by atoms with Gasteiger partial charge in [-0.05, 0) is 38.7 Å². The Balaban J connectivity index is 2.68. The van der Waals surface area contributed by atoms with Crippen molar-refractivity contribution in [1.29, 1.82) is 0 Å². The fraction of sp³-hybridized carbons (Fsp3) is 0.562. The van der Waals surface area contributed by atoms with Crippen LogP contribution in [-0.4, -0.2) is 24.6 Å². The Morgan fingerprint density at radius 3 is 2.45 bits per heavy atom. The number of methoxy groups -OCH3 is 1. The Kier molecular flexibility index (Phi) is 5.86. The summed E-state index contributed by atoms with van der Waals surface area (Å²) in [4.78, 5) is 34.4. The van der Waals surface area contributed by atoms with Crippen molar-refractivity contribution < 1.29 is 19.1 Å². The van der Waals surface area contributed by atoms with Crippen LogP contribution in [0, 0.1) is 5.92 Å². The molecule has 0 heterocycles. The van der Waals surface area contributed by atoms with E-state index in [1.54, 1.807) is 6.92 Å². The highest BCUT2D eigenvalue weighted by Crippen LogP contribution is 2.35. The summed E-state index contributed by atoms with van der Waals surface area (Å²) in [5, 5.41) is 0. The first-order chi connectivity index (χ1) is 9.36. The van der Waals surface area contributed by atoms with Crippen LogP contribution in [-0.2, 0) is 19.1 Å². The van der Waals surface area contributed by atoms with E-state index >= 15 is 0 Å². The number of ketones is 2. The van der Waals surface area contributed by atoms with E-state index in [0.29, 0.717) is 24.8 Å². The lowest BCUT2D eigenvalue weighted by atomic mass is 9.97.